The first-order valence-corrected chi connectivity index (χ1v) is 12.4. The van der Waals surface area contributed by atoms with E-state index in [1.165, 1.54) is 11.3 Å². The lowest BCUT2D eigenvalue weighted by atomic mass is 9.94. The van der Waals surface area contributed by atoms with E-state index >= 15 is 0 Å². The number of amides is 1. The summed E-state index contributed by atoms with van der Waals surface area (Å²) in [7, 11) is 0. The quantitative estimate of drug-likeness (QED) is 0.244. The number of carbonyl (C=O) groups excluding carboxylic acids is 3. The van der Waals surface area contributed by atoms with E-state index < -0.39 is 5.97 Å². The van der Waals surface area contributed by atoms with Crippen LogP contribution in [0, 0.1) is 20.8 Å². The molecule has 7 heteroatoms. The number of para-hydroxylation sites is 1. The monoisotopic (exact) mass is 498 g/mol. The molecule has 4 aromatic rings. The Kier molecular flexibility index (Phi) is 7.71. The van der Waals surface area contributed by atoms with Gasteiger partial charge in [-0.1, -0.05) is 54.1 Å². The number of ketones is 1. The Bertz CT molecular complexity index is 1440. The van der Waals surface area contributed by atoms with Crippen LogP contribution in [0.2, 0.25) is 0 Å². The van der Waals surface area contributed by atoms with Gasteiger partial charge in [0.25, 0.3) is 0 Å². The second-order valence-corrected chi connectivity index (χ2v) is 9.48. The van der Waals surface area contributed by atoms with Crippen molar-refractivity contribution in [1.29, 1.82) is 0 Å². The van der Waals surface area contributed by atoms with Gasteiger partial charge in [0.05, 0.1) is 17.7 Å². The lowest BCUT2D eigenvalue weighted by Gasteiger charge is -2.10. The first-order valence-electron chi connectivity index (χ1n) is 11.5. The minimum atomic E-state index is -0.601. The van der Waals surface area contributed by atoms with E-state index in [4.69, 9.17) is 4.74 Å². The first-order chi connectivity index (χ1) is 17.3. The van der Waals surface area contributed by atoms with Crippen LogP contribution in [0.3, 0.4) is 0 Å². The summed E-state index contributed by atoms with van der Waals surface area (Å²) in [5, 5.41) is 5.27. The van der Waals surface area contributed by atoms with Gasteiger partial charge in [-0.15, -0.1) is 11.3 Å². The van der Waals surface area contributed by atoms with Crippen LogP contribution in [0.15, 0.2) is 72.1 Å². The minimum Gasteiger partial charge on any atom is -0.456 e. The van der Waals surface area contributed by atoms with E-state index in [0.29, 0.717) is 21.8 Å². The van der Waals surface area contributed by atoms with Crippen molar-refractivity contribution in [2.75, 3.05) is 5.32 Å². The van der Waals surface area contributed by atoms with Gasteiger partial charge in [-0.25, -0.2) is 9.78 Å². The maximum Gasteiger partial charge on any atom is 0.339 e. The second-order valence-electron chi connectivity index (χ2n) is 8.54. The normalized spacial score (nSPS) is 10.6. The summed E-state index contributed by atoms with van der Waals surface area (Å²) < 4.78 is 5.48. The van der Waals surface area contributed by atoms with Gasteiger partial charge in [0, 0.05) is 22.2 Å². The number of ether oxygens (including phenoxy) is 1. The molecule has 1 heterocycles. The van der Waals surface area contributed by atoms with Crippen LogP contribution >= 0.6 is 11.3 Å². The van der Waals surface area contributed by atoms with Crippen molar-refractivity contribution in [1.82, 2.24) is 4.98 Å². The molecule has 0 aliphatic carbocycles. The predicted octanol–water partition coefficient (Wildman–Crippen LogP) is 5.84. The number of nitrogens with one attached hydrogen (secondary N) is 1. The van der Waals surface area contributed by atoms with E-state index in [1.807, 2.05) is 63.2 Å². The lowest BCUT2D eigenvalue weighted by Crippen LogP contribution is -2.15. The van der Waals surface area contributed by atoms with E-state index in [2.05, 4.69) is 10.3 Å². The molecule has 0 aliphatic rings. The van der Waals surface area contributed by atoms with Crippen LogP contribution in [0.4, 0.5) is 5.69 Å². The van der Waals surface area contributed by atoms with Crippen LogP contribution in [0.5, 0.6) is 0 Å². The largest absolute Gasteiger partial charge is 0.456 e. The van der Waals surface area contributed by atoms with Gasteiger partial charge in [0.15, 0.2) is 5.78 Å². The highest BCUT2D eigenvalue weighted by molar-refractivity contribution is 7.09. The van der Waals surface area contributed by atoms with Crippen LogP contribution in [-0.4, -0.2) is 22.6 Å². The number of nitrogens with zero attached hydrogens (tertiary/aromatic N) is 1. The zero-order chi connectivity index (χ0) is 25.7. The molecule has 1 aromatic heterocycles. The van der Waals surface area contributed by atoms with E-state index in [0.717, 1.165) is 22.4 Å². The van der Waals surface area contributed by atoms with Crippen molar-refractivity contribution < 1.29 is 19.1 Å². The van der Waals surface area contributed by atoms with Gasteiger partial charge in [0.2, 0.25) is 5.91 Å². The van der Waals surface area contributed by atoms with Gasteiger partial charge < -0.3 is 10.1 Å². The molecule has 182 valence electrons. The maximum absolute atomic E-state index is 13.2. The Morgan fingerprint density at radius 1 is 0.861 bits per heavy atom. The van der Waals surface area contributed by atoms with Crippen LogP contribution in [-0.2, 0) is 22.6 Å². The SMILES string of the molecule is Cc1ccc(C)c(C(=O)c2ccccc2C(=O)OCc2csc(CC(=O)Nc3ccccc3C)n2)c1. The fraction of sp³-hybridized carbons (Fsp3) is 0.172. The highest BCUT2D eigenvalue weighted by Gasteiger charge is 2.21. The van der Waals surface area contributed by atoms with Crippen molar-refractivity contribution in [3.05, 3.63) is 116 Å². The Morgan fingerprint density at radius 2 is 1.58 bits per heavy atom. The zero-order valence-electron chi connectivity index (χ0n) is 20.3. The Morgan fingerprint density at radius 3 is 2.36 bits per heavy atom. The third-order valence-corrected chi connectivity index (χ3v) is 6.61. The molecule has 3 aromatic carbocycles. The second kappa shape index (κ2) is 11.1. The molecule has 36 heavy (non-hydrogen) atoms. The van der Waals surface area contributed by atoms with Crippen LogP contribution < -0.4 is 5.32 Å². The average molecular weight is 499 g/mol. The number of esters is 1. The summed E-state index contributed by atoms with van der Waals surface area (Å²) in [5.74, 6) is -0.989. The molecule has 1 N–H and O–H groups in total. The summed E-state index contributed by atoms with van der Waals surface area (Å²) in [4.78, 5) is 42.9. The van der Waals surface area contributed by atoms with Crippen molar-refractivity contribution in [3.8, 4) is 0 Å². The predicted molar refractivity (Wildman–Crippen MR) is 141 cm³/mol. The van der Waals surface area contributed by atoms with Crippen molar-refractivity contribution in [2.24, 2.45) is 0 Å². The Labute approximate surface area is 214 Å². The molecule has 0 saturated carbocycles. The number of aryl methyl sites for hydroxylation is 3. The molecule has 1 amide bonds. The number of rotatable bonds is 8. The first kappa shape index (κ1) is 25.0. The Hall–Kier alpha value is -4.10. The van der Waals surface area contributed by atoms with Gasteiger partial charge in [-0.05, 0) is 50.1 Å². The molecule has 0 fully saturated rings. The molecule has 0 radical (unpaired) electrons. The van der Waals surface area contributed by atoms with Gasteiger partial charge in [-0.3, -0.25) is 9.59 Å². The molecule has 0 atom stereocenters. The topological polar surface area (TPSA) is 85.4 Å². The maximum atomic E-state index is 13.2. The standard InChI is InChI=1S/C29H26N2O4S/c1-18-12-13-19(2)24(14-18)28(33)22-9-5-6-10-23(22)29(34)35-16-21-17-36-27(30-21)15-26(32)31-25-11-7-4-8-20(25)3/h4-14,17H,15-16H2,1-3H3,(H,31,32). The van der Waals surface area contributed by atoms with E-state index in [-0.39, 0.29) is 30.3 Å². The number of hydrogen-bond acceptors (Lipinski definition) is 6. The van der Waals surface area contributed by atoms with Crippen molar-refractivity contribution in [3.63, 3.8) is 0 Å². The number of benzene rings is 3. The van der Waals surface area contributed by atoms with Gasteiger partial charge >= 0.3 is 5.97 Å². The highest BCUT2D eigenvalue weighted by Crippen LogP contribution is 2.21. The van der Waals surface area contributed by atoms with Crippen LogP contribution in [0.25, 0.3) is 0 Å². The molecule has 4 rings (SSSR count). The third kappa shape index (κ3) is 5.93. The van der Waals surface area contributed by atoms with E-state index in [9.17, 15) is 14.4 Å². The summed E-state index contributed by atoms with van der Waals surface area (Å²) in [6.07, 6.45) is 0.125. The molecule has 0 bridgehead atoms. The average Bonchev–Trinajstić information content (AvgIpc) is 3.32. The van der Waals surface area contributed by atoms with Crippen LogP contribution in [0.1, 0.15) is 53.7 Å². The third-order valence-electron chi connectivity index (χ3n) is 5.71. The molecular formula is C29H26N2O4S. The molecule has 0 spiro atoms. The minimum absolute atomic E-state index is 0.0548. The Balaban J connectivity index is 1.40. The fourth-order valence-corrected chi connectivity index (χ4v) is 4.52. The number of anilines is 1. The number of hydrogen-bond donors (Lipinski definition) is 1. The summed E-state index contributed by atoms with van der Waals surface area (Å²) in [6.45, 7) is 5.67. The molecule has 0 saturated heterocycles. The summed E-state index contributed by atoms with van der Waals surface area (Å²) in [6, 6.07) is 19.9. The molecule has 0 aliphatic heterocycles. The number of carbonyl (C=O) groups is 3. The van der Waals surface area contributed by atoms with Crippen molar-refractivity contribution in [2.45, 2.75) is 33.8 Å². The molecule has 6 nitrogen and oxygen atoms in total. The highest BCUT2D eigenvalue weighted by atomic mass is 32.1. The summed E-state index contributed by atoms with van der Waals surface area (Å²) >= 11 is 1.33. The molecule has 0 unspecified atom stereocenters. The fourth-order valence-electron chi connectivity index (χ4n) is 3.74. The zero-order valence-corrected chi connectivity index (χ0v) is 21.1. The smallest absolute Gasteiger partial charge is 0.339 e. The number of thiazole rings is 1. The van der Waals surface area contributed by atoms with E-state index in [1.54, 1.807) is 29.6 Å². The molecular weight excluding hydrogens is 472 g/mol. The lowest BCUT2D eigenvalue weighted by molar-refractivity contribution is -0.115. The van der Waals surface area contributed by atoms with Gasteiger partial charge in [0.1, 0.15) is 11.6 Å². The number of aromatic nitrogens is 1. The van der Waals surface area contributed by atoms with Gasteiger partial charge in [-0.2, -0.15) is 0 Å². The summed E-state index contributed by atoms with van der Waals surface area (Å²) in [5.41, 5.74) is 5.16. The van der Waals surface area contributed by atoms with Crippen molar-refractivity contribution >= 4 is 34.7 Å².